The predicted octanol–water partition coefficient (Wildman–Crippen LogP) is 2.51. The Kier molecular flexibility index (Phi) is 6.61. The summed E-state index contributed by atoms with van der Waals surface area (Å²) in [5.41, 5.74) is 0.557. The minimum atomic E-state index is -0.477. The number of nitrogens with zero attached hydrogens (tertiary/aromatic N) is 1. The average molecular weight is 353 g/mol. The van der Waals surface area contributed by atoms with Crippen LogP contribution in [-0.4, -0.2) is 48.9 Å². The molecule has 0 spiro atoms. The molecule has 2 rings (SSSR count). The number of ketones is 1. The Morgan fingerprint density at radius 1 is 1.38 bits per heavy atom. The molecule has 1 heterocycles. The Morgan fingerprint density at radius 3 is 2.88 bits per heavy atom. The van der Waals surface area contributed by atoms with Crippen LogP contribution >= 0.6 is 11.6 Å². The number of nitrogens with one attached hydrogen (secondary N) is 1. The lowest BCUT2D eigenvalue weighted by atomic mass is 9.90. The summed E-state index contributed by atoms with van der Waals surface area (Å²) in [4.78, 5) is 37.6. The normalized spacial score (nSPS) is 17.2. The molecular weight excluding hydrogens is 332 g/mol. The molecular formula is C17H21ClN2O4. The van der Waals surface area contributed by atoms with Crippen molar-refractivity contribution in [1.29, 1.82) is 0 Å². The maximum atomic E-state index is 12.6. The molecule has 1 saturated heterocycles. The summed E-state index contributed by atoms with van der Waals surface area (Å²) in [5.74, 6) is -0.750. The first-order valence-electron chi connectivity index (χ1n) is 7.99. The van der Waals surface area contributed by atoms with E-state index < -0.39 is 5.97 Å². The number of ether oxygens (including phenoxy) is 1. The lowest BCUT2D eigenvalue weighted by Gasteiger charge is -2.32. The summed E-state index contributed by atoms with van der Waals surface area (Å²) < 4.78 is 4.77. The van der Waals surface area contributed by atoms with Crippen LogP contribution in [0.1, 0.15) is 30.1 Å². The number of Topliss-reactive ketones (excluding diaryl/α,β-unsaturated/α-hetero) is 1. The van der Waals surface area contributed by atoms with Crippen LogP contribution in [0, 0.1) is 5.92 Å². The summed E-state index contributed by atoms with van der Waals surface area (Å²) in [5, 5.41) is 3.04. The topological polar surface area (TPSA) is 75.7 Å². The highest BCUT2D eigenvalue weighted by Crippen LogP contribution is 2.22. The van der Waals surface area contributed by atoms with Gasteiger partial charge in [-0.15, -0.1) is 0 Å². The van der Waals surface area contributed by atoms with Crippen molar-refractivity contribution >= 4 is 29.4 Å². The summed E-state index contributed by atoms with van der Waals surface area (Å²) in [6.45, 7) is 2.70. The molecule has 0 saturated carbocycles. The van der Waals surface area contributed by atoms with Gasteiger partial charge < -0.3 is 15.0 Å². The van der Waals surface area contributed by atoms with Crippen molar-refractivity contribution in [3.05, 3.63) is 34.9 Å². The monoisotopic (exact) mass is 352 g/mol. The smallest absolute Gasteiger partial charge is 0.325 e. The van der Waals surface area contributed by atoms with Crippen LogP contribution in [0.15, 0.2) is 24.3 Å². The highest BCUT2D eigenvalue weighted by atomic mass is 35.5. The van der Waals surface area contributed by atoms with E-state index in [-0.39, 0.29) is 30.9 Å². The molecule has 7 heteroatoms. The molecule has 1 aromatic rings. The number of amides is 2. The van der Waals surface area contributed by atoms with Crippen LogP contribution in [0.4, 0.5) is 4.79 Å². The van der Waals surface area contributed by atoms with Gasteiger partial charge in [0, 0.05) is 29.6 Å². The van der Waals surface area contributed by atoms with Gasteiger partial charge in [0.2, 0.25) is 0 Å². The van der Waals surface area contributed by atoms with Crippen molar-refractivity contribution in [2.24, 2.45) is 5.92 Å². The molecule has 1 aliphatic rings. The van der Waals surface area contributed by atoms with Gasteiger partial charge in [0.25, 0.3) is 0 Å². The third-order valence-electron chi connectivity index (χ3n) is 3.88. The maximum Gasteiger partial charge on any atom is 0.325 e. The third kappa shape index (κ3) is 4.96. The van der Waals surface area contributed by atoms with Gasteiger partial charge in [-0.1, -0.05) is 23.7 Å². The number of esters is 1. The number of rotatable bonds is 5. The van der Waals surface area contributed by atoms with E-state index in [4.69, 9.17) is 16.3 Å². The molecule has 1 aromatic carbocycles. The molecule has 0 aromatic heterocycles. The molecule has 0 aliphatic carbocycles. The summed E-state index contributed by atoms with van der Waals surface area (Å²) >= 11 is 5.93. The van der Waals surface area contributed by atoms with Crippen molar-refractivity contribution in [1.82, 2.24) is 10.2 Å². The van der Waals surface area contributed by atoms with Gasteiger partial charge in [0.05, 0.1) is 6.61 Å². The molecule has 0 unspecified atom stereocenters. The summed E-state index contributed by atoms with van der Waals surface area (Å²) in [6.07, 6.45) is 1.47. The highest BCUT2D eigenvalue weighted by molar-refractivity contribution is 6.31. The molecule has 1 atom stereocenters. The van der Waals surface area contributed by atoms with Gasteiger partial charge in [0.15, 0.2) is 5.78 Å². The average Bonchev–Trinajstić information content (AvgIpc) is 2.59. The van der Waals surface area contributed by atoms with Crippen molar-refractivity contribution < 1.29 is 19.1 Å². The Morgan fingerprint density at radius 2 is 2.17 bits per heavy atom. The van der Waals surface area contributed by atoms with Crippen LogP contribution in [0.25, 0.3) is 0 Å². The minimum absolute atomic E-state index is 0.0135. The maximum absolute atomic E-state index is 12.6. The lowest BCUT2D eigenvalue weighted by molar-refractivity contribution is -0.141. The number of likely N-dealkylation sites (tertiary alicyclic amines) is 1. The van der Waals surface area contributed by atoms with E-state index >= 15 is 0 Å². The molecule has 24 heavy (non-hydrogen) atoms. The van der Waals surface area contributed by atoms with Gasteiger partial charge in [-0.05, 0) is 31.9 Å². The Balaban J connectivity index is 1.92. The zero-order chi connectivity index (χ0) is 17.5. The van der Waals surface area contributed by atoms with Crippen LogP contribution in [0.2, 0.25) is 5.02 Å². The zero-order valence-electron chi connectivity index (χ0n) is 13.6. The third-order valence-corrected chi connectivity index (χ3v) is 4.11. The van der Waals surface area contributed by atoms with E-state index in [1.165, 1.54) is 0 Å². The first-order chi connectivity index (χ1) is 11.5. The van der Waals surface area contributed by atoms with E-state index in [1.54, 1.807) is 36.1 Å². The predicted molar refractivity (Wildman–Crippen MR) is 90.1 cm³/mol. The molecule has 0 bridgehead atoms. The van der Waals surface area contributed by atoms with Gasteiger partial charge in [0.1, 0.15) is 6.54 Å². The second kappa shape index (κ2) is 8.68. The first-order valence-corrected chi connectivity index (χ1v) is 8.37. The van der Waals surface area contributed by atoms with Crippen molar-refractivity contribution in [3.63, 3.8) is 0 Å². The van der Waals surface area contributed by atoms with Gasteiger partial charge in [-0.2, -0.15) is 0 Å². The summed E-state index contributed by atoms with van der Waals surface area (Å²) in [7, 11) is 0. The largest absolute Gasteiger partial charge is 0.465 e. The number of carbonyl (C=O) groups excluding carboxylic acids is 3. The van der Waals surface area contributed by atoms with Crippen molar-refractivity contribution in [2.45, 2.75) is 19.8 Å². The number of halogens is 1. The van der Waals surface area contributed by atoms with E-state index in [9.17, 15) is 14.4 Å². The molecule has 2 amide bonds. The van der Waals surface area contributed by atoms with Gasteiger partial charge in [-0.25, -0.2) is 4.79 Å². The standard InChI is InChI=1S/C17H21ClN2O4/c1-2-24-15(21)10-19-17(23)20-8-4-6-13(11-20)16(22)12-5-3-7-14(18)9-12/h3,5,7,9,13H,2,4,6,8,10-11H2,1H3,(H,19,23)/t13-/m1/s1. The summed E-state index contributed by atoms with van der Waals surface area (Å²) in [6, 6.07) is 6.47. The van der Waals surface area contributed by atoms with Crippen LogP contribution in [-0.2, 0) is 9.53 Å². The van der Waals surface area contributed by atoms with E-state index in [0.717, 1.165) is 12.8 Å². The van der Waals surface area contributed by atoms with E-state index in [2.05, 4.69) is 5.32 Å². The minimum Gasteiger partial charge on any atom is -0.465 e. The number of piperidine rings is 1. The molecule has 1 fully saturated rings. The number of hydrogen-bond donors (Lipinski definition) is 1. The molecule has 0 radical (unpaired) electrons. The Hall–Kier alpha value is -2.08. The van der Waals surface area contributed by atoms with Crippen molar-refractivity contribution in [3.8, 4) is 0 Å². The quantitative estimate of drug-likeness (QED) is 0.652. The molecule has 6 nitrogen and oxygen atoms in total. The van der Waals surface area contributed by atoms with Crippen molar-refractivity contribution in [2.75, 3.05) is 26.2 Å². The van der Waals surface area contributed by atoms with E-state index in [0.29, 0.717) is 23.7 Å². The number of urea groups is 1. The van der Waals surface area contributed by atoms with Crippen LogP contribution < -0.4 is 5.32 Å². The fraction of sp³-hybridized carbons (Fsp3) is 0.471. The fourth-order valence-electron chi connectivity index (χ4n) is 2.72. The number of carbonyl (C=O) groups is 3. The Bertz CT molecular complexity index is 620. The Labute approximate surface area is 146 Å². The van der Waals surface area contributed by atoms with Gasteiger partial charge >= 0.3 is 12.0 Å². The zero-order valence-corrected chi connectivity index (χ0v) is 14.3. The SMILES string of the molecule is CCOC(=O)CNC(=O)N1CCC[C@@H](C(=O)c2cccc(Cl)c2)C1. The highest BCUT2D eigenvalue weighted by Gasteiger charge is 2.29. The van der Waals surface area contributed by atoms with Crippen LogP contribution in [0.3, 0.4) is 0 Å². The number of benzene rings is 1. The lowest BCUT2D eigenvalue weighted by Crippen LogP contribution is -2.48. The number of hydrogen-bond acceptors (Lipinski definition) is 4. The molecule has 1 aliphatic heterocycles. The molecule has 130 valence electrons. The second-order valence-electron chi connectivity index (χ2n) is 5.62. The fourth-order valence-corrected chi connectivity index (χ4v) is 2.91. The second-order valence-corrected chi connectivity index (χ2v) is 6.06. The van der Waals surface area contributed by atoms with Crippen LogP contribution in [0.5, 0.6) is 0 Å². The molecule has 1 N–H and O–H groups in total. The van der Waals surface area contributed by atoms with Gasteiger partial charge in [-0.3, -0.25) is 9.59 Å². The first kappa shape index (κ1) is 18.3. The van der Waals surface area contributed by atoms with E-state index in [1.807, 2.05) is 0 Å².